The Morgan fingerprint density at radius 3 is 3.27 bits per heavy atom. The molecule has 4 heteroatoms. The molecule has 1 aromatic heterocycles. The van der Waals surface area contributed by atoms with E-state index in [0.717, 1.165) is 25.5 Å². The van der Waals surface area contributed by atoms with E-state index in [1.54, 1.807) is 0 Å². The number of nitrogens with one attached hydrogen (secondary N) is 1. The van der Waals surface area contributed by atoms with Crippen LogP contribution in [0.2, 0.25) is 0 Å². The number of hydrogen-bond acceptors (Lipinski definition) is 3. The van der Waals surface area contributed by atoms with Crippen molar-refractivity contribution in [3.05, 3.63) is 11.8 Å². The van der Waals surface area contributed by atoms with Gasteiger partial charge in [-0.1, -0.05) is 0 Å². The van der Waals surface area contributed by atoms with Crippen LogP contribution in [0.25, 0.3) is 0 Å². The Hall–Kier alpha value is -1.03. The van der Waals surface area contributed by atoms with Gasteiger partial charge in [0.05, 0.1) is 18.3 Å². The molecule has 0 radical (unpaired) electrons. The zero-order chi connectivity index (χ0) is 10.3. The molecular weight excluding hydrogens is 190 g/mol. The third-order valence-corrected chi connectivity index (χ3v) is 3.43. The highest BCUT2D eigenvalue weighted by molar-refractivity contribution is 5.39. The molecule has 0 spiro atoms. The van der Waals surface area contributed by atoms with E-state index in [0.29, 0.717) is 12.0 Å². The first-order valence-electron chi connectivity index (χ1n) is 5.72. The van der Waals surface area contributed by atoms with Gasteiger partial charge in [0.2, 0.25) is 0 Å². The topological polar surface area (TPSA) is 39.1 Å². The first kappa shape index (κ1) is 9.21. The average Bonchev–Trinajstić information content (AvgIpc) is 2.82. The Morgan fingerprint density at radius 1 is 1.53 bits per heavy atom. The number of aryl methyl sites for hydroxylation is 1. The Bertz CT molecular complexity index is 355. The van der Waals surface area contributed by atoms with Crippen LogP contribution in [0.15, 0.2) is 6.07 Å². The predicted molar refractivity (Wildman–Crippen MR) is 58.0 cm³/mol. The summed E-state index contributed by atoms with van der Waals surface area (Å²) in [4.78, 5) is 0. The molecule has 2 atom stereocenters. The molecule has 1 aromatic rings. The van der Waals surface area contributed by atoms with E-state index in [2.05, 4.69) is 28.1 Å². The van der Waals surface area contributed by atoms with Crippen molar-refractivity contribution in [2.45, 2.75) is 25.8 Å². The maximum atomic E-state index is 5.47. The number of fused-ring (bicyclic) bond motifs is 1. The molecule has 2 unspecified atom stereocenters. The van der Waals surface area contributed by atoms with Gasteiger partial charge in [-0.15, -0.1) is 0 Å². The van der Waals surface area contributed by atoms with Crippen molar-refractivity contribution in [1.29, 1.82) is 0 Å². The van der Waals surface area contributed by atoms with Crippen LogP contribution in [-0.2, 0) is 4.74 Å². The van der Waals surface area contributed by atoms with Crippen LogP contribution in [0, 0.1) is 12.8 Å². The summed E-state index contributed by atoms with van der Waals surface area (Å²) in [7, 11) is 0. The number of anilines is 1. The van der Waals surface area contributed by atoms with E-state index in [-0.39, 0.29) is 0 Å². The van der Waals surface area contributed by atoms with Crippen molar-refractivity contribution < 1.29 is 4.74 Å². The molecule has 0 bridgehead atoms. The zero-order valence-electron chi connectivity index (χ0n) is 9.07. The predicted octanol–water partition coefficient (Wildman–Crippen LogP) is 1.58. The van der Waals surface area contributed by atoms with E-state index in [1.165, 1.54) is 18.7 Å². The Labute approximate surface area is 89.6 Å². The summed E-state index contributed by atoms with van der Waals surface area (Å²) in [5, 5.41) is 7.97. The van der Waals surface area contributed by atoms with E-state index in [1.807, 2.05) is 0 Å². The van der Waals surface area contributed by atoms with Gasteiger partial charge in [-0.2, -0.15) is 5.10 Å². The van der Waals surface area contributed by atoms with Crippen molar-refractivity contribution >= 4 is 5.82 Å². The van der Waals surface area contributed by atoms with Crippen LogP contribution in [0.3, 0.4) is 0 Å². The van der Waals surface area contributed by atoms with Crippen molar-refractivity contribution in [2.75, 3.05) is 25.1 Å². The monoisotopic (exact) mass is 207 g/mol. The molecular formula is C11H17N3O. The largest absolute Gasteiger partial charge is 0.381 e. The lowest BCUT2D eigenvalue weighted by Gasteiger charge is -2.29. The van der Waals surface area contributed by atoms with Gasteiger partial charge in [-0.05, 0) is 19.8 Å². The van der Waals surface area contributed by atoms with Crippen molar-refractivity contribution in [3.8, 4) is 0 Å². The van der Waals surface area contributed by atoms with Gasteiger partial charge >= 0.3 is 0 Å². The smallest absolute Gasteiger partial charge is 0.124 e. The molecule has 2 aliphatic heterocycles. The van der Waals surface area contributed by atoms with Crippen molar-refractivity contribution in [1.82, 2.24) is 9.78 Å². The zero-order valence-corrected chi connectivity index (χ0v) is 9.07. The van der Waals surface area contributed by atoms with Gasteiger partial charge < -0.3 is 10.1 Å². The Balaban J connectivity index is 1.90. The molecule has 1 fully saturated rings. The number of hydrogen-bond donors (Lipinski definition) is 1. The van der Waals surface area contributed by atoms with Crippen LogP contribution < -0.4 is 5.32 Å². The lowest BCUT2D eigenvalue weighted by atomic mass is 9.95. The fourth-order valence-electron chi connectivity index (χ4n) is 2.66. The molecule has 2 aliphatic rings. The summed E-state index contributed by atoms with van der Waals surface area (Å²) < 4.78 is 7.64. The Kier molecular flexibility index (Phi) is 2.16. The average molecular weight is 207 g/mol. The number of nitrogens with zero attached hydrogens (tertiary/aromatic N) is 2. The van der Waals surface area contributed by atoms with E-state index >= 15 is 0 Å². The molecule has 3 rings (SSSR count). The minimum atomic E-state index is 0.539. The highest BCUT2D eigenvalue weighted by atomic mass is 16.5. The minimum Gasteiger partial charge on any atom is -0.381 e. The number of rotatable bonds is 1. The third-order valence-electron chi connectivity index (χ3n) is 3.43. The van der Waals surface area contributed by atoms with E-state index in [9.17, 15) is 0 Å². The fraction of sp³-hybridized carbons (Fsp3) is 0.727. The van der Waals surface area contributed by atoms with E-state index in [4.69, 9.17) is 4.74 Å². The maximum absolute atomic E-state index is 5.47. The highest BCUT2D eigenvalue weighted by Crippen LogP contribution is 2.33. The lowest BCUT2D eigenvalue weighted by Crippen LogP contribution is -2.29. The molecule has 0 saturated carbocycles. The van der Waals surface area contributed by atoms with Gasteiger partial charge in [0.1, 0.15) is 5.82 Å². The first-order valence-corrected chi connectivity index (χ1v) is 5.72. The molecule has 1 N–H and O–H groups in total. The number of ether oxygens (including phenoxy) is 1. The molecule has 0 amide bonds. The summed E-state index contributed by atoms with van der Waals surface area (Å²) in [6, 6.07) is 2.67. The first-order chi connectivity index (χ1) is 7.34. The second-order valence-electron chi connectivity index (χ2n) is 4.52. The van der Waals surface area contributed by atoms with Crippen LogP contribution in [-0.4, -0.2) is 29.5 Å². The van der Waals surface area contributed by atoms with Crippen LogP contribution in [0.4, 0.5) is 5.82 Å². The number of aromatic nitrogens is 2. The summed E-state index contributed by atoms with van der Waals surface area (Å²) >= 11 is 0. The lowest BCUT2D eigenvalue weighted by molar-refractivity contribution is 0.167. The van der Waals surface area contributed by atoms with Crippen molar-refractivity contribution in [2.24, 2.45) is 5.92 Å². The van der Waals surface area contributed by atoms with Gasteiger partial charge in [0.25, 0.3) is 0 Å². The van der Waals surface area contributed by atoms with Crippen LogP contribution >= 0.6 is 0 Å². The second-order valence-corrected chi connectivity index (χ2v) is 4.52. The normalized spacial score (nSPS) is 29.9. The molecule has 15 heavy (non-hydrogen) atoms. The summed E-state index contributed by atoms with van der Waals surface area (Å²) in [5.41, 5.74) is 1.10. The van der Waals surface area contributed by atoms with Gasteiger partial charge in [-0.3, -0.25) is 0 Å². The quantitative estimate of drug-likeness (QED) is 0.760. The third kappa shape index (κ3) is 1.53. The molecule has 82 valence electrons. The van der Waals surface area contributed by atoms with Crippen LogP contribution in [0.1, 0.15) is 24.6 Å². The summed E-state index contributed by atoms with van der Waals surface area (Å²) in [6.45, 7) is 4.94. The summed E-state index contributed by atoms with van der Waals surface area (Å²) in [6.07, 6.45) is 2.35. The molecule has 0 aliphatic carbocycles. The minimum absolute atomic E-state index is 0.539. The second kappa shape index (κ2) is 3.52. The highest BCUT2D eigenvalue weighted by Gasteiger charge is 2.31. The molecule has 3 heterocycles. The van der Waals surface area contributed by atoms with Crippen LogP contribution in [0.5, 0.6) is 0 Å². The maximum Gasteiger partial charge on any atom is 0.124 e. The van der Waals surface area contributed by atoms with Crippen molar-refractivity contribution in [3.63, 3.8) is 0 Å². The standard InChI is InChI=1S/C11H17N3O/c1-8-6-11-12-4-2-10(14(11)13-8)9-3-5-15-7-9/h6,9-10,12H,2-5,7H2,1H3. The van der Waals surface area contributed by atoms with Gasteiger partial charge in [0.15, 0.2) is 0 Å². The summed E-state index contributed by atoms with van der Waals surface area (Å²) in [5.74, 6) is 1.83. The fourth-order valence-corrected chi connectivity index (χ4v) is 2.66. The van der Waals surface area contributed by atoms with Gasteiger partial charge in [-0.25, -0.2) is 4.68 Å². The SMILES string of the molecule is Cc1cc2n(n1)C(C1CCOC1)CCN2. The van der Waals surface area contributed by atoms with E-state index < -0.39 is 0 Å². The molecule has 1 saturated heterocycles. The molecule has 4 nitrogen and oxygen atoms in total. The molecule has 0 aromatic carbocycles. The van der Waals surface area contributed by atoms with Gasteiger partial charge in [0, 0.05) is 25.1 Å². The Morgan fingerprint density at radius 2 is 2.47 bits per heavy atom.